The minimum absolute atomic E-state index is 0. The van der Waals surface area contributed by atoms with Gasteiger partial charge >= 0.3 is 59.3 Å². The van der Waals surface area contributed by atoms with Crippen LogP contribution < -0.4 is 0 Å². The summed E-state index contributed by atoms with van der Waals surface area (Å²) in [7, 11) is -12.0. The number of aromatic nitrogens is 4. The summed E-state index contributed by atoms with van der Waals surface area (Å²) in [4.78, 5) is 14.9. The molecule has 0 amide bonds. The van der Waals surface area contributed by atoms with Crippen molar-refractivity contribution in [2.45, 2.75) is 0 Å². The van der Waals surface area contributed by atoms with E-state index in [1.165, 1.54) is 0 Å². The first-order valence-corrected chi connectivity index (χ1v) is 10.7. The van der Waals surface area contributed by atoms with Crippen LogP contribution in [0.3, 0.4) is 0 Å². The zero-order valence-corrected chi connectivity index (χ0v) is 24.6. The van der Waals surface area contributed by atoms with Crippen molar-refractivity contribution in [1.82, 2.24) is 19.9 Å². The molecule has 4 aromatic heterocycles. The van der Waals surface area contributed by atoms with Gasteiger partial charge in [0.25, 0.3) is 0 Å². The third kappa shape index (κ3) is 39.8. The summed E-state index contributed by atoms with van der Waals surface area (Å²) < 4.78 is 78.0. The molecule has 0 fully saturated rings. The van der Waals surface area contributed by atoms with E-state index in [1.807, 2.05) is 24.3 Å². The number of hydrogen-bond acceptors (Lipinski definition) is 8. The molecule has 0 saturated carbocycles. The van der Waals surface area contributed by atoms with Gasteiger partial charge in [0.1, 0.15) is 47.1 Å². The Hall–Kier alpha value is -4.39. The van der Waals surface area contributed by atoms with Crippen molar-refractivity contribution in [3.63, 3.8) is 0 Å². The van der Waals surface area contributed by atoms with Gasteiger partial charge in [-0.25, -0.2) is 19.9 Å². The van der Waals surface area contributed by atoms with Crippen LogP contribution >= 0.6 is 0 Å². The van der Waals surface area contributed by atoms with Crippen LogP contribution in [0.15, 0.2) is 97.6 Å². The van der Waals surface area contributed by atoms with Crippen molar-refractivity contribution in [3.05, 3.63) is 120 Å². The van der Waals surface area contributed by atoms with E-state index in [0.717, 1.165) is 0 Å². The van der Waals surface area contributed by atoms with Crippen molar-refractivity contribution in [1.29, 1.82) is 21.0 Å². The third-order valence-electron chi connectivity index (χ3n) is 3.12. The summed E-state index contributed by atoms with van der Waals surface area (Å²) in [6.45, 7) is 0. The summed E-state index contributed by atoms with van der Waals surface area (Å²) in [5.74, 6) is 0. The van der Waals surface area contributed by atoms with Crippen molar-refractivity contribution in [3.8, 4) is 24.3 Å². The Morgan fingerprint density at radius 3 is 0.614 bits per heavy atom. The molecule has 236 valence electrons. The largest absolute Gasteiger partial charge is 1.00 e. The van der Waals surface area contributed by atoms with Gasteiger partial charge in [-0.1, -0.05) is 24.3 Å². The Labute approximate surface area is 278 Å². The molecule has 0 radical (unpaired) electrons. The summed E-state index contributed by atoms with van der Waals surface area (Å²) in [5.41, 5.74) is 1.86. The fourth-order valence-electron chi connectivity index (χ4n) is 1.72. The number of nitriles is 4. The normalized spacial score (nSPS) is 8.45. The molecule has 4 rings (SSSR count). The Morgan fingerprint density at radius 2 is 0.545 bits per heavy atom. The first kappa shape index (κ1) is 46.6. The molecule has 4 aromatic rings. The summed E-state index contributed by atoms with van der Waals surface area (Å²) >= 11 is 0. The van der Waals surface area contributed by atoms with Crippen LogP contribution in [-0.2, 0) is 44.8 Å². The van der Waals surface area contributed by atoms with Crippen LogP contribution in [0.25, 0.3) is 0 Å². The summed E-state index contributed by atoms with van der Waals surface area (Å²) in [6.07, 6.45) is 6.38. The molecule has 0 spiro atoms. The minimum Gasteiger partial charge on any atom is -0.418 e. The first-order chi connectivity index (χ1) is 19.7. The van der Waals surface area contributed by atoms with E-state index in [0.29, 0.717) is 22.8 Å². The minimum atomic E-state index is -6.00. The summed E-state index contributed by atoms with van der Waals surface area (Å²) in [5, 5.41) is 32.9. The first-order valence-electron chi connectivity index (χ1n) is 10.7. The van der Waals surface area contributed by atoms with Gasteiger partial charge in [0.2, 0.25) is 0 Å². The molecule has 0 aliphatic carbocycles. The maximum absolute atomic E-state index is 9.75. The molecule has 44 heavy (non-hydrogen) atoms. The predicted molar refractivity (Wildman–Crippen MR) is 136 cm³/mol. The van der Waals surface area contributed by atoms with Gasteiger partial charge in [0, 0.05) is 24.8 Å². The van der Waals surface area contributed by atoms with E-state index >= 15 is 0 Å². The Morgan fingerprint density at radius 1 is 0.386 bits per heavy atom. The fraction of sp³-hybridized carbons (Fsp3) is 0. The molecular weight excluding hydrogens is 790 g/mol. The monoisotopic (exact) mass is 804 g/mol. The van der Waals surface area contributed by atoms with E-state index in [-0.39, 0.29) is 44.8 Å². The molecule has 4 heterocycles. The van der Waals surface area contributed by atoms with Crippen LogP contribution in [0.4, 0.5) is 34.5 Å². The standard InChI is InChI=1S/4C6H4N2.2Ag.2BF4/c4*7-5-6-3-1-2-4-8-6;;;2*2-1(3,4)5/h4*1-4H;;;;/q;;;;2*+1;2*-1. The van der Waals surface area contributed by atoms with E-state index < -0.39 is 14.5 Å². The smallest absolute Gasteiger partial charge is 0.418 e. The second kappa shape index (κ2) is 28.7. The van der Waals surface area contributed by atoms with Gasteiger partial charge < -0.3 is 34.5 Å². The molecule has 0 saturated heterocycles. The van der Waals surface area contributed by atoms with Crippen LogP contribution in [0.2, 0.25) is 0 Å². The number of pyridine rings is 4. The van der Waals surface area contributed by atoms with Gasteiger partial charge in [-0.15, -0.1) is 0 Å². The maximum Gasteiger partial charge on any atom is 1.00 e. The second-order valence-corrected chi connectivity index (χ2v) is 6.30. The van der Waals surface area contributed by atoms with Gasteiger partial charge in [-0.2, -0.15) is 21.0 Å². The van der Waals surface area contributed by atoms with Crippen LogP contribution in [0, 0.1) is 45.3 Å². The molecule has 0 aliphatic heterocycles. The third-order valence-corrected chi connectivity index (χ3v) is 3.12. The van der Waals surface area contributed by atoms with Crippen LogP contribution in [0.1, 0.15) is 22.8 Å². The molecule has 0 N–H and O–H groups in total. The molecule has 0 aliphatic rings. The maximum atomic E-state index is 9.75. The van der Waals surface area contributed by atoms with E-state index in [9.17, 15) is 34.5 Å². The molecule has 0 aromatic carbocycles. The fourth-order valence-corrected chi connectivity index (χ4v) is 1.72. The molecule has 0 bridgehead atoms. The number of rotatable bonds is 0. The van der Waals surface area contributed by atoms with Gasteiger partial charge in [-0.05, 0) is 48.5 Å². The molecule has 8 nitrogen and oxygen atoms in total. The van der Waals surface area contributed by atoms with Crippen molar-refractivity contribution >= 4 is 14.5 Å². The SMILES string of the molecule is F[B-](F)(F)F.F[B-](F)(F)F.N#Cc1ccccn1.N#Cc1ccccn1.N#Cc1ccccn1.N#Cc1ccccn1.[Ag+].[Ag+]. The quantitative estimate of drug-likeness (QED) is 0.147. The topological polar surface area (TPSA) is 147 Å². The van der Waals surface area contributed by atoms with Gasteiger partial charge in [0.15, 0.2) is 0 Å². The van der Waals surface area contributed by atoms with Crippen LogP contribution in [-0.4, -0.2) is 34.4 Å². The van der Waals surface area contributed by atoms with E-state index in [4.69, 9.17) is 21.0 Å². The molecule has 0 atom stereocenters. The average Bonchev–Trinajstić information content (AvgIpc) is 2.98. The summed E-state index contributed by atoms with van der Waals surface area (Å²) in [6, 6.07) is 28.6. The Bertz CT molecular complexity index is 1190. The van der Waals surface area contributed by atoms with E-state index in [2.05, 4.69) is 19.9 Å². The van der Waals surface area contributed by atoms with E-state index in [1.54, 1.807) is 97.6 Å². The number of halogens is 8. The van der Waals surface area contributed by atoms with Crippen molar-refractivity contribution < 1.29 is 79.3 Å². The van der Waals surface area contributed by atoms with Crippen molar-refractivity contribution in [2.75, 3.05) is 0 Å². The van der Waals surface area contributed by atoms with Gasteiger partial charge in [0.05, 0.1) is 0 Å². The zero-order valence-electron chi connectivity index (χ0n) is 21.6. The van der Waals surface area contributed by atoms with Gasteiger partial charge in [-0.3, -0.25) is 0 Å². The van der Waals surface area contributed by atoms with Crippen LogP contribution in [0.5, 0.6) is 0 Å². The molecular formula is C24H16Ag2B2F8N8. The second-order valence-electron chi connectivity index (χ2n) is 6.30. The number of hydrogen-bond donors (Lipinski definition) is 0. The average molecular weight is 806 g/mol. The molecule has 0 unspecified atom stereocenters. The zero-order chi connectivity index (χ0) is 32.3. The van der Waals surface area contributed by atoms with Crippen molar-refractivity contribution in [2.24, 2.45) is 0 Å². The molecule has 20 heteroatoms. The number of nitrogens with zero attached hydrogens (tertiary/aromatic N) is 8. The Kier molecular flexibility index (Phi) is 30.4. The Balaban J connectivity index is -0.000000219. The predicted octanol–water partition coefficient (Wildman–Crippen LogP) is 6.41.